The summed E-state index contributed by atoms with van der Waals surface area (Å²) in [6.45, 7) is 9.91. The maximum absolute atomic E-state index is 12.3. The number of hydrogen-bond acceptors (Lipinski definition) is 4. The van der Waals surface area contributed by atoms with Crippen molar-refractivity contribution in [2.45, 2.75) is 51.7 Å². The Labute approximate surface area is 145 Å². The number of aliphatic hydroxyl groups excluding tert-OH is 1. The second-order valence-corrected chi connectivity index (χ2v) is 7.21. The fourth-order valence-electron chi connectivity index (χ4n) is 2.86. The van der Waals surface area contributed by atoms with E-state index < -0.39 is 0 Å². The molecule has 0 unspecified atom stereocenters. The molecule has 24 heavy (non-hydrogen) atoms. The third-order valence-corrected chi connectivity index (χ3v) is 5.08. The lowest BCUT2D eigenvalue weighted by molar-refractivity contribution is 0.00578. The van der Waals surface area contributed by atoms with Crippen molar-refractivity contribution in [3.63, 3.8) is 0 Å². The lowest BCUT2D eigenvalue weighted by atomic mass is 9.79. The molecule has 0 saturated carbocycles. The number of aliphatic hydroxyl groups is 1. The lowest BCUT2D eigenvalue weighted by Crippen LogP contribution is -2.41. The Morgan fingerprint density at radius 2 is 1.46 bits per heavy atom. The molecule has 3 rings (SSSR count). The lowest BCUT2D eigenvalue weighted by Gasteiger charge is -2.32. The second kappa shape index (κ2) is 7.25. The molecule has 1 N–H and O–H groups in total. The summed E-state index contributed by atoms with van der Waals surface area (Å²) in [6, 6.07) is 7.62. The van der Waals surface area contributed by atoms with Gasteiger partial charge in [0, 0.05) is 25.8 Å². The third kappa shape index (κ3) is 3.66. The van der Waals surface area contributed by atoms with Crippen LogP contribution < -0.4 is 5.46 Å². The van der Waals surface area contributed by atoms with Gasteiger partial charge in [-0.15, -0.1) is 0 Å². The van der Waals surface area contributed by atoms with E-state index in [1.54, 1.807) is 0 Å². The quantitative estimate of drug-likeness (QED) is 0.839. The molecular formula is C18H28BNO4. The average molecular weight is 333 g/mol. The molecule has 2 fully saturated rings. The summed E-state index contributed by atoms with van der Waals surface area (Å²) >= 11 is 0. The second-order valence-electron chi connectivity index (χ2n) is 7.21. The van der Waals surface area contributed by atoms with Crippen molar-refractivity contribution < 1.29 is 19.2 Å². The minimum absolute atomic E-state index is 0.123. The highest BCUT2D eigenvalue weighted by Crippen LogP contribution is 2.36. The molecule has 2 heterocycles. The average Bonchev–Trinajstić information content (AvgIpc) is 3.16. The van der Waals surface area contributed by atoms with Crippen LogP contribution in [0.1, 0.15) is 50.9 Å². The largest absolute Gasteiger partial charge is 0.494 e. The Bertz CT molecular complexity index is 549. The smallest absolute Gasteiger partial charge is 0.400 e. The van der Waals surface area contributed by atoms with Crippen molar-refractivity contribution in [1.29, 1.82) is 0 Å². The molecule has 0 atom stereocenters. The maximum Gasteiger partial charge on any atom is 0.494 e. The fraction of sp³-hybridized carbons (Fsp3) is 0.611. The van der Waals surface area contributed by atoms with Crippen LogP contribution in [0.15, 0.2) is 24.3 Å². The molecule has 1 aromatic carbocycles. The summed E-state index contributed by atoms with van der Waals surface area (Å²) in [7, 11) is 0.626. The monoisotopic (exact) mass is 333 g/mol. The Hall–Kier alpha value is -1.37. The third-order valence-electron chi connectivity index (χ3n) is 5.08. The van der Waals surface area contributed by atoms with Gasteiger partial charge in [-0.05, 0) is 58.1 Å². The molecule has 1 amide bonds. The number of amides is 1. The van der Waals surface area contributed by atoms with Crippen LogP contribution in [0.5, 0.6) is 0 Å². The van der Waals surface area contributed by atoms with Crippen LogP contribution in [0, 0.1) is 0 Å². The normalized spacial score (nSPS) is 21.4. The minimum atomic E-state index is -0.374. The number of carbonyl (C=O) groups excluding carboxylic acids is 1. The van der Waals surface area contributed by atoms with E-state index in [0.29, 0.717) is 0 Å². The van der Waals surface area contributed by atoms with Gasteiger partial charge < -0.3 is 19.3 Å². The van der Waals surface area contributed by atoms with Gasteiger partial charge in [-0.1, -0.05) is 12.1 Å². The Morgan fingerprint density at radius 1 is 1.00 bits per heavy atom. The molecule has 0 spiro atoms. The summed E-state index contributed by atoms with van der Waals surface area (Å²) < 4.78 is 12.1. The van der Waals surface area contributed by atoms with E-state index in [1.165, 1.54) is 0 Å². The van der Waals surface area contributed by atoms with E-state index >= 15 is 0 Å². The van der Waals surface area contributed by atoms with Crippen molar-refractivity contribution in [3.05, 3.63) is 29.8 Å². The predicted octanol–water partition coefficient (Wildman–Crippen LogP) is 1.83. The topological polar surface area (TPSA) is 59.0 Å². The zero-order valence-electron chi connectivity index (χ0n) is 15.3. The van der Waals surface area contributed by atoms with Gasteiger partial charge in [0.05, 0.1) is 11.2 Å². The highest BCUT2D eigenvalue weighted by atomic mass is 16.7. The number of hydrogen-bond donors (Lipinski definition) is 1. The van der Waals surface area contributed by atoms with Gasteiger partial charge in [-0.2, -0.15) is 0 Å². The molecule has 0 aromatic heterocycles. The molecule has 132 valence electrons. The summed E-state index contributed by atoms with van der Waals surface area (Å²) in [6.07, 6.45) is 2.22. The van der Waals surface area contributed by atoms with E-state index in [9.17, 15) is 4.79 Å². The zero-order chi connectivity index (χ0) is 18.0. The molecule has 5 nitrogen and oxygen atoms in total. The van der Waals surface area contributed by atoms with Gasteiger partial charge in [0.2, 0.25) is 0 Å². The van der Waals surface area contributed by atoms with Crippen LogP contribution in [0.25, 0.3) is 0 Å². The predicted molar refractivity (Wildman–Crippen MR) is 95.4 cm³/mol. The SMILES string of the molecule is CC1(C)OB(c2ccc(C(=O)N3CCCC3)cc2)OC1(C)C.CO. The first-order chi connectivity index (χ1) is 11.3. The van der Waals surface area contributed by atoms with Crippen LogP contribution in [0.2, 0.25) is 0 Å². The van der Waals surface area contributed by atoms with Crippen LogP contribution in [-0.2, 0) is 9.31 Å². The van der Waals surface area contributed by atoms with Gasteiger partial charge in [-0.25, -0.2) is 0 Å². The van der Waals surface area contributed by atoms with Gasteiger partial charge in [0.25, 0.3) is 5.91 Å². The van der Waals surface area contributed by atoms with Crippen molar-refractivity contribution in [1.82, 2.24) is 4.90 Å². The van der Waals surface area contributed by atoms with E-state index in [1.807, 2.05) is 56.9 Å². The van der Waals surface area contributed by atoms with Crippen molar-refractivity contribution >= 4 is 18.5 Å². The number of rotatable bonds is 2. The zero-order valence-corrected chi connectivity index (χ0v) is 15.3. The van der Waals surface area contributed by atoms with Crippen molar-refractivity contribution in [2.75, 3.05) is 20.2 Å². The van der Waals surface area contributed by atoms with Crippen molar-refractivity contribution in [2.24, 2.45) is 0 Å². The number of carbonyl (C=O) groups is 1. The standard InChI is InChI=1S/C17H24BNO3.CH4O/c1-16(2)17(3,4)22-18(21-16)14-9-7-13(8-10-14)15(20)19-11-5-6-12-19;1-2/h7-10H,5-6,11-12H2,1-4H3;2H,1H3. The molecule has 2 aliphatic rings. The summed E-state index contributed by atoms with van der Waals surface area (Å²) in [5.74, 6) is 0.123. The fourth-order valence-corrected chi connectivity index (χ4v) is 2.86. The van der Waals surface area contributed by atoms with Crippen LogP contribution in [0.3, 0.4) is 0 Å². The summed E-state index contributed by atoms with van der Waals surface area (Å²) in [4.78, 5) is 14.3. The van der Waals surface area contributed by atoms with Gasteiger partial charge >= 0.3 is 7.12 Å². The molecule has 1 aromatic rings. The Balaban J connectivity index is 0.00000100. The summed E-state index contributed by atoms with van der Waals surface area (Å²) in [5, 5.41) is 7.00. The van der Waals surface area contributed by atoms with E-state index in [-0.39, 0.29) is 24.2 Å². The highest BCUT2D eigenvalue weighted by molar-refractivity contribution is 6.62. The molecule has 6 heteroatoms. The minimum Gasteiger partial charge on any atom is -0.400 e. The summed E-state index contributed by atoms with van der Waals surface area (Å²) in [5.41, 5.74) is 1.00. The van der Waals surface area contributed by atoms with Crippen LogP contribution in [0.4, 0.5) is 0 Å². The van der Waals surface area contributed by atoms with Gasteiger partial charge in [0.1, 0.15) is 0 Å². The van der Waals surface area contributed by atoms with Crippen LogP contribution >= 0.6 is 0 Å². The maximum atomic E-state index is 12.3. The number of nitrogens with zero attached hydrogens (tertiary/aromatic N) is 1. The molecule has 2 saturated heterocycles. The van der Waals surface area contributed by atoms with E-state index in [2.05, 4.69) is 0 Å². The van der Waals surface area contributed by atoms with Crippen LogP contribution in [-0.4, -0.2) is 54.4 Å². The first-order valence-corrected chi connectivity index (χ1v) is 8.50. The molecular weight excluding hydrogens is 305 g/mol. The first-order valence-electron chi connectivity index (χ1n) is 8.50. The van der Waals surface area contributed by atoms with Gasteiger partial charge in [0.15, 0.2) is 0 Å². The number of likely N-dealkylation sites (tertiary alicyclic amines) is 1. The van der Waals surface area contributed by atoms with E-state index in [0.717, 1.165) is 44.1 Å². The number of benzene rings is 1. The Kier molecular flexibility index (Phi) is 5.73. The molecule has 2 aliphatic heterocycles. The van der Waals surface area contributed by atoms with Crippen molar-refractivity contribution in [3.8, 4) is 0 Å². The molecule has 0 bridgehead atoms. The van der Waals surface area contributed by atoms with Gasteiger partial charge in [-0.3, -0.25) is 4.79 Å². The van der Waals surface area contributed by atoms with E-state index in [4.69, 9.17) is 14.4 Å². The molecule has 0 aliphatic carbocycles. The highest BCUT2D eigenvalue weighted by Gasteiger charge is 2.51. The molecule has 0 radical (unpaired) electrons. The first kappa shape index (κ1) is 19.0. The Morgan fingerprint density at radius 3 is 1.92 bits per heavy atom.